The van der Waals surface area contributed by atoms with Crippen molar-refractivity contribution in [2.75, 3.05) is 0 Å². The number of benzene rings is 1. The molecule has 0 aliphatic carbocycles. The summed E-state index contributed by atoms with van der Waals surface area (Å²) in [5.74, 6) is -0.774. The van der Waals surface area contributed by atoms with Crippen LogP contribution in [-0.4, -0.2) is 16.1 Å². The number of hydrogen-bond donors (Lipinski definition) is 1. The number of carbonyl (C=O) groups is 1. The van der Waals surface area contributed by atoms with Crippen LogP contribution in [0.1, 0.15) is 33.8 Å². The molecule has 3 nitrogen and oxygen atoms in total. The molecule has 1 N–H and O–H groups in total. The van der Waals surface area contributed by atoms with E-state index in [4.69, 9.17) is 5.11 Å². The van der Waals surface area contributed by atoms with E-state index in [0.29, 0.717) is 6.42 Å². The molecule has 0 radical (unpaired) electrons. The van der Waals surface area contributed by atoms with Gasteiger partial charge in [-0.3, -0.25) is 4.79 Å². The summed E-state index contributed by atoms with van der Waals surface area (Å²) in [6.45, 7) is 4.19. The smallest absolute Gasteiger partial charge is 0.303 e. The predicted octanol–water partition coefficient (Wildman–Crippen LogP) is 3.37. The maximum Gasteiger partial charge on any atom is 0.303 e. The zero-order valence-electron chi connectivity index (χ0n) is 11.1. The molecule has 0 aliphatic rings. The molecule has 0 unspecified atom stereocenters. The summed E-state index contributed by atoms with van der Waals surface area (Å²) in [4.78, 5) is 15.0. The lowest BCUT2D eigenvalue weighted by atomic mass is 10.0. The molecule has 0 spiro atoms. The van der Waals surface area contributed by atoms with Crippen LogP contribution >= 0.6 is 11.3 Å². The van der Waals surface area contributed by atoms with Gasteiger partial charge in [-0.2, -0.15) is 0 Å². The van der Waals surface area contributed by atoms with Gasteiger partial charge in [-0.05, 0) is 25.0 Å². The van der Waals surface area contributed by atoms with Gasteiger partial charge in [0.15, 0.2) is 0 Å². The second-order valence-corrected chi connectivity index (χ2v) is 5.68. The van der Waals surface area contributed by atoms with Gasteiger partial charge in [-0.1, -0.05) is 23.8 Å². The lowest BCUT2D eigenvalue weighted by Gasteiger charge is -2.04. The van der Waals surface area contributed by atoms with E-state index in [1.807, 2.05) is 5.38 Å². The maximum atomic E-state index is 10.5. The fourth-order valence-electron chi connectivity index (χ4n) is 1.93. The number of aromatic nitrogens is 1. The molecule has 0 saturated heterocycles. The van der Waals surface area contributed by atoms with Gasteiger partial charge in [0, 0.05) is 18.2 Å². The first-order valence-electron chi connectivity index (χ1n) is 6.26. The highest BCUT2D eigenvalue weighted by molar-refractivity contribution is 7.09. The molecule has 19 heavy (non-hydrogen) atoms. The Hall–Kier alpha value is -1.68. The van der Waals surface area contributed by atoms with Crippen molar-refractivity contribution in [2.24, 2.45) is 0 Å². The second kappa shape index (κ2) is 5.97. The Morgan fingerprint density at radius 3 is 2.89 bits per heavy atom. The van der Waals surface area contributed by atoms with Crippen molar-refractivity contribution in [1.29, 1.82) is 0 Å². The van der Waals surface area contributed by atoms with Crippen LogP contribution in [0.4, 0.5) is 0 Å². The molecule has 0 aliphatic heterocycles. The lowest BCUT2D eigenvalue weighted by molar-refractivity contribution is -0.136. The van der Waals surface area contributed by atoms with Crippen molar-refractivity contribution in [3.8, 4) is 0 Å². The Morgan fingerprint density at radius 2 is 2.16 bits per heavy atom. The zero-order chi connectivity index (χ0) is 13.8. The van der Waals surface area contributed by atoms with Crippen molar-refractivity contribution < 1.29 is 9.90 Å². The normalized spacial score (nSPS) is 10.6. The largest absolute Gasteiger partial charge is 0.481 e. The van der Waals surface area contributed by atoms with Crippen molar-refractivity contribution in [3.63, 3.8) is 0 Å². The molecule has 100 valence electrons. The Bertz CT molecular complexity index is 590. The number of aryl methyl sites for hydroxylation is 3. The summed E-state index contributed by atoms with van der Waals surface area (Å²) in [6.07, 6.45) is 1.48. The van der Waals surface area contributed by atoms with E-state index >= 15 is 0 Å². The lowest BCUT2D eigenvalue weighted by Crippen LogP contribution is -1.98. The average molecular weight is 275 g/mol. The molecular formula is C15H17NO2S. The van der Waals surface area contributed by atoms with Gasteiger partial charge in [0.2, 0.25) is 0 Å². The van der Waals surface area contributed by atoms with Gasteiger partial charge in [-0.25, -0.2) is 4.98 Å². The molecule has 2 aromatic rings. The van der Waals surface area contributed by atoms with E-state index in [-0.39, 0.29) is 6.42 Å². The van der Waals surface area contributed by atoms with Crippen LogP contribution in [0.3, 0.4) is 0 Å². The molecule has 2 rings (SSSR count). The first kappa shape index (κ1) is 13.7. The molecule has 1 heterocycles. The van der Waals surface area contributed by atoms with Crippen LogP contribution in [0.15, 0.2) is 23.6 Å². The van der Waals surface area contributed by atoms with Crippen LogP contribution < -0.4 is 0 Å². The SMILES string of the molecule is Cc1ccc(C)c(Cc2nc(CCC(=O)O)cs2)c1. The summed E-state index contributed by atoms with van der Waals surface area (Å²) in [5.41, 5.74) is 4.70. The third kappa shape index (κ3) is 3.89. The highest BCUT2D eigenvalue weighted by Crippen LogP contribution is 2.19. The molecule has 0 bridgehead atoms. The monoisotopic (exact) mass is 275 g/mol. The number of aliphatic carboxylic acids is 1. The highest BCUT2D eigenvalue weighted by atomic mass is 32.1. The summed E-state index contributed by atoms with van der Waals surface area (Å²) in [7, 11) is 0. The second-order valence-electron chi connectivity index (χ2n) is 4.73. The van der Waals surface area contributed by atoms with Crippen molar-refractivity contribution in [2.45, 2.75) is 33.1 Å². The molecule has 0 fully saturated rings. The van der Waals surface area contributed by atoms with Crippen LogP contribution in [-0.2, 0) is 17.6 Å². The number of rotatable bonds is 5. The van der Waals surface area contributed by atoms with E-state index in [9.17, 15) is 4.79 Å². The standard InChI is InChI=1S/C15H17NO2S/c1-10-3-4-11(2)12(7-10)8-14-16-13(9-19-14)5-6-15(17)18/h3-4,7,9H,5-6,8H2,1-2H3,(H,17,18). The zero-order valence-corrected chi connectivity index (χ0v) is 12.0. The van der Waals surface area contributed by atoms with Gasteiger partial charge in [0.1, 0.15) is 0 Å². The highest BCUT2D eigenvalue weighted by Gasteiger charge is 2.07. The molecule has 1 aromatic carbocycles. The van der Waals surface area contributed by atoms with Crippen molar-refractivity contribution in [3.05, 3.63) is 51.0 Å². The van der Waals surface area contributed by atoms with Crippen molar-refractivity contribution >= 4 is 17.3 Å². The Morgan fingerprint density at radius 1 is 1.37 bits per heavy atom. The van der Waals surface area contributed by atoms with Crippen LogP contribution in [0, 0.1) is 13.8 Å². The Kier molecular flexibility index (Phi) is 4.32. The molecule has 0 amide bonds. The summed E-state index contributed by atoms with van der Waals surface area (Å²) >= 11 is 1.61. The first-order valence-corrected chi connectivity index (χ1v) is 7.14. The summed E-state index contributed by atoms with van der Waals surface area (Å²) < 4.78 is 0. The van der Waals surface area contributed by atoms with Crippen molar-refractivity contribution in [1.82, 2.24) is 4.98 Å². The van der Waals surface area contributed by atoms with E-state index in [1.54, 1.807) is 11.3 Å². The average Bonchev–Trinajstić information content (AvgIpc) is 2.79. The Labute approximate surface area is 116 Å². The minimum atomic E-state index is -0.774. The quantitative estimate of drug-likeness (QED) is 0.910. The van der Waals surface area contributed by atoms with Gasteiger partial charge in [0.05, 0.1) is 17.1 Å². The van der Waals surface area contributed by atoms with E-state index in [2.05, 4.69) is 37.0 Å². The summed E-state index contributed by atoms with van der Waals surface area (Å²) in [6, 6.07) is 6.43. The minimum absolute atomic E-state index is 0.145. The third-order valence-electron chi connectivity index (χ3n) is 3.04. The minimum Gasteiger partial charge on any atom is -0.481 e. The van der Waals surface area contributed by atoms with Gasteiger partial charge in [0.25, 0.3) is 0 Å². The van der Waals surface area contributed by atoms with Gasteiger partial charge >= 0.3 is 5.97 Å². The fraction of sp³-hybridized carbons (Fsp3) is 0.333. The van der Waals surface area contributed by atoms with E-state index < -0.39 is 5.97 Å². The number of carboxylic acids is 1. The molecule has 1 aromatic heterocycles. The fourth-order valence-corrected chi connectivity index (χ4v) is 2.78. The predicted molar refractivity (Wildman–Crippen MR) is 76.8 cm³/mol. The number of nitrogens with zero attached hydrogens (tertiary/aromatic N) is 1. The maximum absolute atomic E-state index is 10.5. The van der Waals surface area contributed by atoms with E-state index in [0.717, 1.165) is 17.1 Å². The third-order valence-corrected chi connectivity index (χ3v) is 3.94. The van der Waals surface area contributed by atoms with Crippen LogP contribution in [0.25, 0.3) is 0 Å². The molecule has 0 atom stereocenters. The Balaban J connectivity index is 2.07. The topological polar surface area (TPSA) is 50.2 Å². The summed E-state index contributed by atoms with van der Waals surface area (Å²) in [5, 5.41) is 11.7. The van der Waals surface area contributed by atoms with E-state index in [1.165, 1.54) is 16.7 Å². The molecule has 0 saturated carbocycles. The first-order chi connectivity index (χ1) is 9.04. The van der Waals surface area contributed by atoms with Gasteiger partial charge in [-0.15, -0.1) is 11.3 Å². The number of thiazole rings is 1. The van der Waals surface area contributed by atoms with Crippen LogP contribution in [0.2, 0.25) is 0 Å². The number of carboxylic acid groups (broad SMARTS) is 1. The number of hydrogen-bond acceptors (Lipinski definition) is 3. The molecule has 4 heteroatoms. The molecular weight excluding hydrogens is 258 g/mol. The van der Waals surface area contributed by atoms with Gasteiger partial charge < -0.3 is 5.11 Å². The van der Waals surface area contributed by atoms with Crippen LogP contribution in [0.5, 0.6) is 0 Å².